The van der Waals surface area contributed by atoms with Gasteiger partial charge in [0.05, 0.1) is 57.9 Å². The predicted octanol–water partition coefficient (Wildman–Crippen LogP) is 8.78. The first-order valence-electron chi connectivity index (χ1n) is 25.5. The number of hydrogen-bond donors (Lipinski definition) is 4. The summed E-state index contributed by atoms with van der Waals surface area (Å²) in [7, 11) is 7.33. The molecule has 2 fully saturated rings. The van der Waals surface area contributed by atoms with Crippen LogP contribution in [0, 0.1) is 0 Å². The number of rotatable bonds is 15. The third kappa shape index (κ3) is 12.8. The molecule has 2 aliphatic heterocycles. The van der Waals surface area contributed by atoms with Gasteiger partial charge in [-0.2, -0.15) is 23.1 Å². The summed E-state index contributed by atoms with van der Waals surface area (Å²) in [6.07, 6.45) is 9.86. The summed E-state index contributed by atoms with van der Waals surface area (Å²) < 4.78 is 57.5. The molecule has 4 N–H and O–H groups in total. The number of anilines is 6. The van der Waals surface area contributed by atoms with E-state index >= 15 is 0 Å². The van der Waals surface area contributed by atoms with Crippen LogP contribution in [0.4, 0.5) is 57.7 Å². The lowest BCUT2D eigenvalue weighted by molar-refractivity contribution is -0.137. The fourth-order valence-corrected chi connectivity index (χ4v) is 10.7. The van der Waals surface area contributed by atoms with Crippen molar-refractivity contribution >= 4 is 82.0 Å². The Balaban J connectivity index is 0.000000215. The monoisotopic (exact) mass is 1150 g/mol. The number of benzene rings is 2. The SMILES string of the molecule is C=CC(=O)NC1CCCCC1Nc1ncc2c(n1)N(Cc1ccn(C)c(=O)c1)C(=O)N(c1c(Cl)c(OC)cc(OC)c1Cl)C2.C=CC(=O)N[C@H]1CCCC[C@H]1Nc1ncc2c(n1)N(C)C(=O)N(c1cc(OC)cc(C(F)(F)F)c1)C2. The molecule has 4 atom stereocenters. The van der Waals surface area contributed by atoms with Gasteiger partial charge in [-0.25, -0.2) is 19.6 Å². The quantitative estimate of drug-likeness (QED) is 0.0719. The number of aryl methyl sites for hydroxylation is 1. The Hall–Kier alpha value is -8.12. The fourth-order valence-electron chi connectivity index (χ4n) is 9.95. The van der Waals surface area contributed by atoms with Gasteiger partial charge < -0.3 is 40.0 Å². The number of carbonyl (C=O) groups is 4. The van der Waals surface area contributed by atoms with Gasteiger partial charge in [-0.05, 0) is 61.6 Å². The average molecular weight is 1150 g/mol. The minimum absolute atomic E-state index is 0.00923. The minimum Gasteiger partial charge on any atom is -0.497 e. The summed E-state index contributed by atoms with van der Waals surface area (Å²) in [5.74, 6) is 1.38. The largest absolute Gasteiger partial charge is 0.497 e. The molecule has 2 aromatic carbocycles. The number of amides is 6. The lowest BCUT2D eigenvalue weighted by atomic mass is 9.90. The molecule has 2 saturated carbocycles. The Morgan fingerprint density at radius 1 is 0.713 bits per heavy atom. The van der Waals surface area contributed by atoms with Gasteiger partial charge in [0, 0.05) is 86.2 Å². The molecule has 80 heavy (non-hydrogen) atoms. The van der Waals surface area contributed by atoms with E-state index in [1.807, 2.05) is 0 Å². The number of methoxy groups -OCH3 is 3. The number of nitrogens with zero attached hydrogens (tertiary/aromatic N) is 9. The first-order valence-corrected chi connectivity index (χ1v) is 26.3. The van der Waals surface area contributed by atoms with Gasteiger partial charge >= 0.3 is 18.2 Å². The van der Waals surface area contributed by atoms with Gasteiger partial charge in [0.25, 0.3) is 5.56 Å². The van der Waals surface area contributed by atoms with Crippen molar-refractivity contribution in [2.45, 2.75) is 101 Å². The number of aromatic nitrogens is 5. The maximum atomic E-state index is 14.3. The minimum atomic E-state index is -4.60. The van der Waals surface area contributed by atoms with Crippen molar-refractivity contribution in [3.63, 3.8) is 0 Å². The molecule has 0 radical (unpaired) electrons. The fraction of sp³-hybridized carbons (Fsp3) is 0.389. The maximum Gasteiger partial charge on any atom is 0.416 e. The number of hydrogen-bond acceptors (Lipinski definition) is 14. The zero-order valence-corrected chi connectivity index (χ0v) is 46.0. The average Bonchev–Trinajstić information content (AvgIpc) is 3.44. The molecule has 5 heterocycles. The topological polar surface area (TPSA) is 231 Å². The summed E-state index contributed by atoms with van der Waals surface area (Å²) in [5.41, 5.74) is 0.908. The van der Waals surface area contributed by atoms with Crippen molar-refractivity contribution in [2.24, 2.45) is 7.05 Å². The molecular formula is C54H60Cl2F3N13O8. The molecule has 2 unspecified atom stereocenters. The molecule has 424 valence electrons. The summed E-state index contributed by atoms with van der Waals surface area (Å²) in [6, 6.07) is 6.47. The van der Waals surface area contributed by atoms with E-state index < -0.39 is 23.8 Å². The molecule has 0 bridgehead atoms. The highest BCUT2D eigenvalue weighted by atomic mass is 35.5. The maximum absolute atomic E-state index is 14.3. The van der Waals surface area contributed by atoms with Gasteiger partial charge in [0.2, 0.25) is 23.7 Å². The van der Waals surface area contributed by atoms with Gasteiger partial charge in [0.15, 0.2) is 0 Å². The second-order valence-corrected chi connectivity index (χ2v) is 20.1. The molecule has 21 nitrogen and oxygen atoms in total. The van der Waals surface area contributed by atoms with E-state index in [0.717, 1.165) is 63.5 Å². The van der Waals surface area contributed by atoms with Crippen LogP contribution in [-0.2, 0) is 42.4 Å². The van der Waals surface area contributed by atoms with E-state index in [2.05, 4.69) is 49.4 Å². The highest BCUT2D eigenvalue weighted by molar-refractivity contribution is 6.42. The van der Waals surface area contributed by atoms with Crippen LogP contribution < -0.4 is 60.6 Å². The predicted molar refractivity (Wildman–Crippen MR) is 297 cm³/mol. The van der Waals surface area contributed by atoms with E-state index in [9.17, 15) is 37.1 Å². The number of nitrogens with one attached hydrogen (secondary N) is 4. The number of alkyl halides is 3. The molecule has 3 aromatic heterocycles. The first-order chi connectivity index (χ1) is 38.2. The second kappa shape index (κ2) is 24.9. The molecule has 0 saturated heterocycles. The number of halogens is 5. The van der Waals surface area contributed by atoms with Crippen LogP contribution in [0.2, 0.25) is 10.0 Å². The summed E-state index contributed by atoms with van der Waals surface area (Å²) in [6.45, 7) is 7.12. The van der Waals surface area contributed by atoms with E-state index in [4.69, 9.17) is 42.4 Å². The molecule has 4 aliphatic rings. The Morgan fingerprint density at radius 3 is 1.75 bits per heavy atom. The molecule has 2 aliphatic carbocycles. The number of carbonyl (C=O) groups excluding carboxylic acids is 4. The summed E-state index contributed by atoms with van der Waals surface area (Å²) in [4.78, 5) is 87.3. The zero-order chi connectivity index (χ0) is 57.6. The van der Waals surface area contributed by atoms with E-state index in [1.165, 1.54) is 76.8 Å². The van der Waals surface area contributed by atoms with Crippen molar-refractivity contribution < 1.29 is 46.6 Å². The van der Waals surface area contributed by atoms with E-state index in [1.54, 1.807) is 37.8 Å². The standard InChI is InChI=1S/C30H33Cl2N7O5.C24H27F3N6O3/c1-5-23(40)34-19-8-6-7-9-20(19)35-29-33-14-18-16-38(27-25(31)21(43-3)13-22(44-4)26(27)32)30(42)39(28(18)36-29)15-17-10-11-37(2)24(41)12-17;1-4-20(34)29-18-7-5-6-8-19(18)30-22-28-12-14-13-33(23(35)32(2)21(14)31-22)16-9-15(24(25,26)27)10-17(11-16)36-3/h5,10-14,19-20H,1,6-9,15-16H2,2-4H3,(H,34,40)(H,33,35,36);4,9-12,18-19H,1,5-8,13H2,2-3H3,(H,29,34)(H,28,30,31)/t;18-,19+/m.0/s1. The van der Waals surface area contributed by atoms with E-state index in [-0.39, 0.29) is 99.8 Å². The van der Waals surface area contributed by atoms with Crippen LogP contribution in [0.15, 0.2) is 85.1 Å². The van der Waals surface area contributed by atoms with Crippen molar-refractivity contribution in [1.82, 2.24) is 35.1 Å². The molecule has 6 amide bonds. The number of pyridine rings is 1. The third-order valence-corrected chi connectivity index (χ3v) is 14.9. The lowest BCUT2D eigenvalue weighted by Crippen LogP contribution is -2.49. The molecule has 0 spiro atoms. The van der Waals surface area contributed by atoms with E-state index in [0.29, 0.717) is 40.2 Å². The van der Waals surface area contributed by atoms with Crippen LogP contribution in [0.3, 0.4) is 0 Å². The molecule has 9 rings (SSSR count). The Labute approximate surface area is 469 Å². The summed E-state index contributed by atoms with van der Waals surface area (Å²) >= 11 is 13.4. The Bertz CT molecular complexity index is 3230. The van der Waals surface area contributed by atoms with Crippen LogP contribution >= 0.6 is 23.2 Å². The second-order valence-electron chi connectivity index (χ2n) is 19.3. The highest BCUT2D eigenvalue weighted by Crippen LogP contribution is 2.48. The Morgan fingerprint density at radius 2 is 1.24 bits per heavy atom. The summed E-state index contributed by atoms with van der Waals surface area (Å²) in [5, 5.41) is 12.8. The number of urea groups is 2. The zero-order valence-electron chi connectivity index (χ0n) is 44.5. The van der Waals surface area contributed by atoms with Crippen LogP contribution in [0.1, 0.15) is 73.6 Å². The van der Waals surface area contributed by atoms with Crippen molar-refractivity contribution in [3.8, 4) is 17.2 Å². The van der Waals surface area contributed by atoms with Gasteiger partial charge in [-0.15, -0.1) is 0 Å². The van der Waals surface area contributed by atoms with Crippen molar-refractivity contribution in [3.05, 3.63) is 123 Å². The van der Waals surface area contributed by atoms with Gasteiger partial charge in [0.1, 0.15) is 38.9 Å². The van der Waals surface area contributed by atoms with Crippen LogP contribution in [-0.4, -0.2) is 101 Å². The third-order valence-electron chi connectivity index (χ3n) is 14.2. The lowest BCUT2D eigenvalue weighted by Gasteiger charge is -2.37. The number of ether oxygens (including phenoxy) is 3. The molecule has 5 aromatic rings. The van der Waals surface area contributed by atoms with Gasteiger partial charge in [-0.3, -0.25) is 34.0 Å². The number of fused-ring (bicyclic) bond motifs is 2. The Kier molecular flexibility index (Phi) is 18.1. The normalized spacial score (nSPS) is 18.9. The molecular weight excluding hydrogens is 1090 g/mol. The van der Waals surface area contributed by atoms with Gasteiger partial charge in [-0.1, -0.05) is 62.0 Å². The van der Waals surface area contributed by atoms with Crippen LogP contribution in [0.25, 0.3) is 0 Å². The van der Waals surface area contributed by atoms with Crippen LogP contribution in [0.5, 0.6) is 17.2 Å². The first kappa shape index (κ1) is 58.0. The smallest absolute Gasteiger partial charge is 0.416 e. The highest BCUT2D eigenvalue weighted by Gasteiger charge is 2.39. The van der Waals surface area contributed by atoms with Crippen molar-refractivity contribution in [1.29, 1.82) is 0 Å². The van der Waals surface area contributed by atoms with Crippen molar-refractivity contribution in [2.75, 3.05) is 58.6 Å². The molecule has 26 heteroatoms.